The van der Waals surface area contributed by atoms with E-state index in [0.717, 1.165) is 17.0 Å². The summed E-state index contributed by atoms with van der Waals surface area (Å²) in [5.41, 5.74) is 0.380. The Kier molecular flexibility index (Phi) is 4.81. The summed E-state index contributed by atoms with van der Waals surface area (Å²) in [6.07, 6.45) is 1.18. The van der Waals surface area contributed by atoms with E-state index in [1.807, 2.05) is 6.07 Å². The Labute approximate surface area is 190 Å². The molecule has 7 nitrogen and oxygen atoms in total. The van der Waals surface area contributed by atoms with Crippen LogP contribution in [-0.4, -0.2) is 27.6 Å². The number of aromatic nitrogens is 2. The topological polar surface area (TPSA) is 91.0 Å². The van der Waals surface area contributed by atoms with E-state index in [2.05, 4.69) is 10.4 Å². The van der Waals surface area contributed by atoms with Crippen molar-refractivity contribution in [3.8, 4) is 6.07 Å². The van der Waals surface area contributed by atoms with Crippen LogP contribution in [0.5, 0.6) is 0 Å². The minimum absolute atomic E-state index is 0.0383. The van der Waals surface area contributed by atoms with Gasteiger partial charge in [-0.2, -0.15) is 10.4 Å². The van der Waals surface area contributed by atoms with Gasteiger partial charge in [-0.05, 0) is 49.4 Å². The van der Waals surface area contributed by atoms with E-state index < -0.39 is 33.0 Å². The molecule has 2 amide bonds. The number of nitrogens with zero attached hydrogens (tertiary/aromatic N) is 4. The molecule has 1 N–H and O–H groups in total. The Morgan fingerprint density at radius 3 is 2.44 bits per heavy atom. The summed E-state index contributed by atoms with van der Waals surface area (Å²) in [4.78, 5) is 25.1. The first-order valence-corrected chi connectivity index (χ1v) is 11.7. The molecule has 2 aromatic carbocycles. The molecular formula is C21H16F5N5O2S. The summed E-state index contributed by atoms with van der Waals surface area (Å²) in [7, 11) is -9.86. The second-order valence-corrected chi connectivity index (χ2v) is 10.1. The zero-order valence-electron chi connectivity index (χ0n) is 17.4. The van der Waals surface area contributed by atoms with Gasteiger partial charge in [-0.15, -0.1) is 0 Å². The summed E-state index contributed by atoms with van der Waals surface area (Å²) < 4.78 is 66.5. The fourth-order valence-corrected chi connectivity index (χ4v) is 4.31. The van der Waals surface area contributed by atoms with Crippen molar-refractivity contribution < 1.29 is 29.0 Å². The summed E-state index contributed by atoms with van der Waals surface area (Å²) in [5.74, 6) is -1.41. The predicted molar refractivity (Wildman–Crippen MR) is 115 cm³/mol. The highest BCUT2D eigenvalue weighted by Gasteiger charge is 2.65. The quantitative estimate of drug-likeness (QED) is 0.467. The molecule has 1 aliphatic rings. The number of rotatable bonds is 4. The van der Waals surface area contributed by atoms with E-state index in [1.54, 1.807) is 25.1 Å². The SMILES string of the molecule is C[C@H]1Cn2ncc(C(=O)Nc3cccc(C#N)c3)c2C(=O)N1c1ccc(S(F)(F)(F)(F)F)cc1. The average Bonchev–Trinajstić information content (AvgIpc) is 3.17. The highest BCUT2D eigenvalue weighted by Crippen LogP contribution is 3.02. The summed E-state index contributed by atoms with van der Waals surface area (Å²) in [6, 6.07) is 9.49. The standard InChI is InChI=1S/C21H16F5N5O2S/c1-13-12-30-19(18(11-28-30)20(32)29-15-4-2-3-14(9-15)10-27)21(33)31(13)16-5-7-17(8-6-16)34(22,23,24,25)26/h2-9,11,13H,12H2,1H3,(H,29,32)/t13-/m0/s1. The van der Waals surface area contributed by atoms with Crippen LogP contribution >= 0.6 is 10.2 Å². The number of benzene rings is 2. The molecule has 0 saturated heterocycles. The predicted octanol–water partition coefficient (Wildman–Crippen LogP) is 5.71. The Bertz CT molecular complexity index is 1360. The van der Waals surface area contributed by atoms with Crippen molar-refractivity contribution in [2.24, 2.45) is 0 Å². The van der Waals surface area contributed by atoms with Crippen molar-refractivity contribution >= 4 is 33.4 Å². The highest BCUT2D eigenvalue weighted by atomic mass is 32.5. The van der Waals surface area contributed by atoms with E-state index in [-0.39, 0.29) is 35.6 Å². The van der Waals surface area contributed by atoms with Gasteiger partial charge in [-0.25, -0.2) is 0 Å². The Balaban J connectivity index is 1.66. The molecule has 0 saturated carbocycles. The van der Waals surface area contributed by atoms with Gasteiger partial charge >= 0.3 is 10.2 Å². The maximum Gasteiger partial charge on any atom is 0.310 e. The molecule has 0 radical (unpaired) electrons. The zero-order chi connectivity index (χ0) is 25.0. The smallest absolute Gasteiger partial charge is 0.310 e. The minimum Gasteiger partial charge on any atom is -0.322 e. The van der Waals surface area contributed by atoms with E-state index in [0.29, 0.717) is 11.3 Å². The Morgan fingerprint density at radius 2 is 1.82 bits per heavy atom. The van der Waals surface area contributed by atoms with Gasteiger partial charge in [0.2, 0.25) is 0 Å². The van der Waals surface area contributed by atoms with Crippen LogP contribution in [0.3, 0.4) is 0 Å². The molecular weight excluding hydrogens is 481 g/mol. The van der Waals surface area contributed by atoms with Crippen LogP contribution in [0.2, 0.25) is 0 Å². The molecule has 3 aromatic rings. The third kappa shape index (κ3) is 4.32. The maximum absolute atomic E-state index is 13.3. The first-order valence-electron chi connectivity index (χ1n) is 9.73. The van der Waals surface area contributed by atoms with Crippen LogP contribution in [0, 0.1) is 11.3 Å². The normalized spacial score (nSPS) is 17.9. The van der Waals surface area contributed by atoms with Crippen LogP contribution < -0.4 is 10.2 Å². The van der Waals surface area contributed by atoms with Gasteiger partial charge < -0.3 is 10.2 Å². The van der Waals surface area contributed by atoms with E-state index >= 15 is 0 Å². The first-order chi connectivity index (χ1) is 15.7. The third-order valence-electron chi connectivity index (χ3n) is 5.19. The molecule has 1 atom stereocenters. The van der Waals surface area contributed by atoms with Crippen LogP contribution in [0.25, 0.3) is 0 Å². The lowest BCUT2D eigenvalue weighted by Crippen LogP contribution is -2.47. The van der Waals surface area contributed by atoms with Gasteiger partial charge in [-0.1, -0.05) is 25.5 Å². The molecule has 4 rings (SSSR count). The monoisotopic (exact) mass is 497 g/mol. The summed E-state index contributed by atoms with van der Waals surface area (Å²) in [5, 5.41) is 15.6. The minimum atomic E-state index is -9.86. The van der Waals surface area contributed by atoms with E-state index in [9.17, 15) is 29.0 Å². The average molecular weight is 497 g/mol. The van der Waals surface area contributed by atoms with E-state index in [4.69, 9.17) is 5.26 Å². The van der Waals surface area contributed by atoms with Gasteiger partial charge in [0.05, 0.1) is 36.0 Å². The molecule has 1 aliphatic heterocycles. The maximum atomic E-state index is 13.3. The van der Waals surface area contributed by atoms with Crippen molar-refractivity contribution in [3.05, 3.63) is 71.5 Å². The van der Waals surface area contributed by atoms with Crippen LogP contribution in [-0.2, 0) is 6.54 Å². The Hall–Kier alpha value is -3.92. The van der Waals surface area contributed by atoms with Crippen LogP contribution in [0.1, 0.15) is 33.3 Å². The van der Waals surface area contributed by atoms with Crippen LogP contribution in [0.4, 0.5) is 30.8 Å². The molecule has 0 fully saturated rings. The molecule has 1 aromatic heterocycles. The fraction of sp³-hybridized carbons (Fsp3) is 0.143. The molecule has 0 spiro atoms. The van der Waals surface area contributed by atoms with Gasteiger partial charge in [0, 0.05) is 11.4 Å². The number of carbonyl (C=O) groups is 2. The third-order valence-corrected chi connectivity index (χ3v) is 6.36. The lowest BCUT2D eigenvalue weighted by Gasteiger charge is -2.41. The van der Waals surface area contributed by atoms with Crippen LogP contribution in [0.15, 0.2) is 59.6 Å². The molecule has 2 heterocycles. The number of hydrogen-bond donors (Lipinski definition) is 1. The zero-order valence-corrected chi connectivity index (χ0v) is 18.2. The molecule has 0 unspecified atom stereocenters. The number of carbonyl (C=O) groups excluding carboxylic acids is 2. The number of hydrogen-bond acceptors (Lipinski definition) is 4. The fourth-order valence-electron chi connectivity index (χ4n) is 3.66. The number of anilines is 2. The second-order valence-electron chi connectivity index (χ2n) is 7.72. The largest absolute Gasteiger partial charge is 0.322 e. The summed E-state index contributed by atoms with van der Waals surface area (Å²) in [6.45, 7) is 1.72. The van der Waals surface area contributed by atoms with Crippen molar-refractivity contribution in [2.45, 2.75) is 24.4 Å². The highest BCUT2D eigenvalue weighted by molar-refractivity contribution is 8.45. The van der Waals surface area contributed by atoms with Crippen molar-refractivity contribution in [1.82, 2.24) is 9.78 Å². The van der Waals surface area contributed by atoms with Crippen molar-refractivity contribution in [1.29, 1.82) is 5.26 Å². The lowest BCUT2D eigenvalue weighted by atomic mass is 10.1. The van der Waals surface area contributed by atoms with Gasteiger partial charge in [0.1, 0.15) is 10.6 Å². The molecule has 13 heteroatoms. The van der Waals surface area contributed by atoms with Crippen molar-refractivity contribution in [2.75, 3.05) is 10.2 Å². The van der Waals surface area contributed by atoms with Gasteiger partial charge in [0.15, 0.2) is 0 Å². The molecule has 34 heavy (non-hydrogen) atoms. The Morgan fingerprint density at radius 1 is 1.15 bits per heavy atom. The number of amides is 2. The number of nitrogens with one attached hydrogen (secondary N) is 1. The summed E-state index contributed by atoms with van der Waals surface area (Å²) >= 11 is 0. The number of halogens is 5. The van der Waals surface area contributed by atoms with Gasteiger partial charge in [-0.3, -0.25) is 14.3 Å². The first kappa shape index (κ1) is 23.2. The number of nitriles is 1. The van der Waals surface area contributed by atoms with E-state index in [1.165, 1.54) is 16.9 Å². The van der Waals surface area contributed by atoms with Gasteiger partial charge in [0.25, 0.3) is 11.8 Å². The molecule has 0 bridgehead atoms. The molecule has 0 aliphatic carbocycles. The van der Waals surface area contributed by atoms with Crippen molar-refractivity contribution in [3.63, 3.8) is 0 Å². The lowest BCUT2D eigenvalue weighted by molar-refractivity contribution is 0.0933. The second kappa shape index (κ2) is 7.04. The molecule has 178 valence electrons. The number of fused-ring (bicyclic) bond motifs is 1.